The average molecular weight is 352 g/mol. The number of carbonyl (C=O) groups is 1. The first-order valence-electron chi connectivity index (χ1n) is 9.13. The molecule has 4 aliphatic carbocycles. The Hall–Kier alpha value is -0.680. The Morgan fingerprint density at radius 1 is 1.29 bits per heavy atom. The third-order valence-corrected chi connectivity index (χ3v) is 10.0. The van der Waals surface area contributed by atoms with Gasteiger partial charge in [0.25, 0.3) is 0 Å². The van der Waals surface area contributed by atoms with E-state index in [1.54, 1.807) is 0 Å². The molecule has 0 saturated heterocycles. The first-order chi connectivity index (χ1) is 11.3. The van der Waals surface area contributed by atoms with Crippen LogP contribution in [-0.4, -0.2) is 39.5 Å². The van der Waals surface area contributed by atoms with Crippen LogP contribution < -0.4 is 0 Å². The molecule has 4 rings (SSSR count). The third-order valence-electron chi connectivity index (χ3n) is 7.95. The Kier molecular flexibility index (Phi) is 3.78. The summed E-state index contributed by atoms with van der Waals surface area (Å²) in [5.41, 5.74) is -0.231. The summed E-state index contributed by atoms with van der Waals surface area (Å²) in [4.78, 5) is 12.3. The number of hydrogen-bond donors (Lipinski definition) is 1. The van der Waals surface area contributed by atoms with Crippen LogP contribution in [0.4, 0.5) is 0 Å². The molecule has 0 amide bonds. The van der Waals surface area contributed by atoms with Crippen LogP contribution in [0.25, 0.3) is 0 Å². The first-order valence-corrected chi connectivity index (χ1v) is 10.5. The Morgan fingerprint density at radius 2 is 2.00 bits per heavy atom. The lowest BCUT2D eigenvalue weighted by atomic mass is 9.70. The lowest BCUT2D eigenvalue weighted by molar-refractivity contribution is -0.146. The molecule has 3 fully saturated rings. The zero-order valence-corrected chi connectivity index (χ0v) is 15.6. The fourth-order valence-corrected chi connectivity index (χ4v) is 8.95. The zero-order valence-electron chi connectivity index (χ0n) is 14.7. The zero-order chi connectivity index (χ0) is 17.3. The SMILES string of the molecule is COC(=O)[C@@H]1[C@H](S(=O)C[C@]23CC[C@H](C[C@@H]2O)C3(C)C)[C@@H]2C=C[C@H]1C2. The van der Waals surface area contributed by atoms with Crippen molar-refractivity contribution in [1.82, 2.24) is 0 Å². The minimum absolute atomic E-state index is 0.0241. The van der Waals surface area contributed by atoms with Crippen molar-refractivity contribution in [1.29, 1.82) is 0 Å². The van der Waals surface area contributed by atoms with Crippen LogP contribution in [0.15, 0.2) is 12.2 Å². The second-order valence-corrected chi connectivity index (χ2v) is 10.4. The number of methoxy groups -OCH3 is 1. The molecule has 134 valence electrons. The van der Waals surface area contributed by atoms with Crippen LogP contribution in [0.1, 0.15) is 39.5 Å². The summed E-state index contributed by atoms with van der Waals surface area (Å²) < 4.78 is 18.4. The van der Waals surface area contributed by atoms with E-state index in [-0.39, 0.29) is 45.9 Å². The van der Waals surface area contributed by atoms with Gasteiger partial charge in [0.1, 0.15) is 0 Å². The lowest BCUT2D eigenvalue weighted by Crippen LogP contribution is -2.47. The molecule has 0 aromatic rings. The predicted octanol–water partition coefficient (Wildman–Crippen LogP) is 2.29. The molecule has 0 aliphatic heterocycles. The lowest BCUT2D eigenvalue weighted by Gasteiger charge is -2.41. The smallest absolute Gasteiger partial charge is 0.310 e. The molecule has 5 heteroatoms. The molecular formula is C19H28O4S. The van der Waals surface area contributed by atoms with E-state index in [2.05, 4.69) is 26.0 Å². The summed E-state index contributed by atoms with van der Waals surface area (Å²) in [6.07, 6.45) is 7.70. The maximum Gasteiger partial charge on any atom is 0.310 e. The highest BCUT2D eigenvalue weighted by Gasteiger charge is 2.65. The van der Waals surface area contributed by atoms with Crippen LogP contribution in [0.2, 0.25) is 0 Å². The van der Waals surface area contributed by atoms with Crippen molar-refractivity contribution in [2.45, 2.75) is 50.9 Å². The number of hydrogen-bond acceptors (Lipinski definition) is 4. The van der Waals surface area contributed by atoms with E-state index >= 15 is 0 Å². The van der Waals surface area contributed by atoms with Gasteiger partial charge < -0.3 is 9.84 Å². The number of rotatable bonds is 4. The molecular weight excluding hydrogens is 324 g/mol. The van der Waals surface area contributed by atoms with Crippen molar-refractivity contribution >= 4 is 16.8 Å². The van der Waals surface area contributed by atoms with Gasteiger partial charge in [0.15, 0.2) is 0 Å². The molecule has 1 unspecified atom stereocenters. The standard InChI is InChI=1S/C19H28O4S/c1-18(2)13-6-7-19(18,14(20)9-13)10-24(22)16-12-5-4-11(8-12)15(16)17(21)23-3/h4-5,11-16,20H,6-10H2,1-3H3/t11-,12+,13+,14-,15-,16+,19+,24?/m0/s1. The summed E-state index contributed by atoms with van der Waals surface area (Å²) in [6, 6.07) is 0. The fraction of sp³-hybridized carbons (Fsp3) is 0.842. The van der Waals surface area contributed by atoms with Crippen molar-refractivity contribution in [3.8, 4) is 0 Å². The highest BCUT2D eigenvalue weighted by molar-refractivity contribution is 7.85. The minimum Gasteiger partial charge on any atom is -0.469 e. The average Bonchev–Trinajstić information content (AvgIpc) is 3.25. The van der Waals surface area contributed by atoms with E-state index in [0.29, 0.717) is 11.7 Å². The van der Waals surface area contributed by atoms with Crippen molar-refractivity contribution in [2.75, 3.05) is 12.9 Å². The van der Waals surface area contributed by atoms with Gasteiger partial charge in [-0.15, -0.1) is 0 Å². The number of esters is 1. The quantitative estimate of drug-likeness (QED) is 0.623. The third kappa shape index (κ3) is 2.00. The van der Waals surface area contributed by atoms with E-state index in [1.807, 2.05) is 0 Å². The van der Waals surface area contributed by atoms with Crippen LogP contribution in [-0.2, 0) is 20.3 Å². The molecule has 0 aromatic carbocycles. The Balaban J connectivity index is 1.60. The van der Waals surface area contributed by atoms with E-state index in [0.717, 1.165) is 25.7 Å². The number of aliphatic hydroxyl groups is 1. The monoisotopic (exact) mass is 352 g/mol. The van der Waals surface area contributed by atoms with Gasteiger partial charge in [0, 0.05) is 22.0 Å². The second-order valence-electron chi connectivity index (χ2n) is 8.85. The van der Waals surface area contributed by atoms with Crippen LogP contribution in [0, 0.1) is 34.5 Å². The van der Waals surface area contributed by atoms with Crippen molar-refractivity contribution in [3.63, 3.8) is 0 Å². The molecule has 4 bridgehead atoms. The number of aliphatic hydroxyl groups excluding tert-OH is 1. The van der Waals surface area contributed by atoms with E-state index < -0.39 is 10.8 Å². The molecule has 24 heavy (non-hydrogen) atoms. The minimum atomic E-state index is -1.13. The molecule has 4 nitrogen and oxygen atoms in total. The summed E-state index contributed by atoms with van der Waals surface area (Å²) in [6.45, 7) is 4.47. The second kappa shape index (κ2) is 5.41. The molecule has 0 spiro atoms. The van der Waals surface area contributed by atoms with Gasteiger partial charge in [-0.1, -0.05) is 26.0 Å². The number of ether oxygens (including phenoxy) is 1. The van der Waals surface area contributed by atoms with E-state index in [9.17, 15) is 14.1 Å². The molecule has 4 aliphatic rings. The van der Waals surface area contributed by atoms with Gasteiger partial charge in [-0.05, 0) is 48.9 Å². The Bertz CT molecular complexity index is 612. The molecule has 8 atom stereocenters. The van der Waals surface area contributed by atoms with Gasteiger partial charge in [0.05, 0.1) is 24.4 Å². The summed E-state index contributed by atoms with van der Waals surface area (Å²) in [5.74, 6) is 0.939. The number of fused-ring (bicyclic) bond motifs is 4. The largest absolute Gasteiger partial charge is 0.469 e. The molecule has 3 saturated carbocycles. The highest BCUT2D eigenvalue weighted by atomic mass is 32.2. The van der Waals surface area contributed by atoms with E-state index in [1.165, 1.54) is 7.11 Å². The summed E-state index contributed by atoms with van der Waals surface area (Å²) in [7, 11) is 0.290. The number of carbonyl (C=O) groups excluding carboxylic acids is 1. The van der Waals surface area contributed by atoms with Gasteiger partial charge in [-0.2, -0.15) is 0 Å². The topological polar surface area (TPSA) is 63.6 Å². The van der Waals surface area contributed by atoms with Crippen LogP contribution in [0.5, 0.6) is 0 Å². The Labute approximate surface area is 146 Å². The molecule has 0 heterocycles. The normalized spacial score (nSPS) is 48.8. The maximum atomic E-state index is 13.4. The van der Waals surface area contributed by atoms with Crippen molar-refractivity contribution in [3.05, 3.63) is 12.2 Å². The molecule has 0 aromatic heterocycles. The Morgan fingerprint density at radius 3 is 2.58 bits per heavy atom. The van der Waals surface area contributed by atoms with Gasteiger partial charge in [0.2, 0.25) is 0 Å². The molecule has 0 radical (unpaired) electrons. The van der Waals surface area contributed by atoms with Gasteiger partial charge in [-0.25, -0.2) is 0 Å². The van der Waals surface area contributed by atoms with Crippen molar-refractivity contribution < 1.29 is 18.8 Å². The summed E-state index contributed by atoms with van der Waals surface area (Å²) >= 11 is 0. The fourth-order valence-electron chi connectivity index (χ4n) is 6.31. The van der Waals surface area contributed by atoms with Crippen LogP contribution in [0.3, 0.4) is 0 Å². The predicted molar refractivity (Wildman–Crippen MR) is 92.6 cm³/mol. The number of allylic oxidation sites excluding steroid dienone is 2. The van der Waals surface area contributed by atoms with Crippen molar-refractivity contribution in [2.24, 2.45) is 34.5 Å². The molecule has 1 N–H and O–H groups in total. The first kappa shape index (κ1) is 16.8. The summed E-state index contributed by atoms with van der Waals surface area (Å²) in [5, 5.41) is 10.6. The van der Waals surface area contributed by atoms with Gasteiger partial charge in [-0.3, -0.25) is 9.00 Å². The van der Waals surface area contributed by atoms with Crippen LogP contribution >= 0.6 is 0 Å². The van der Waals surface area contributed by atoms with E-state index in [4.69, 9.17) is 4.74 Å². The van der Waals surface area contributed by atoms with Gasteiger partial charge >= 0.3 is 5.97 Å². The highest BCUT2D eigenvalue weighted by Crippen LogP contribution is 2.66. The maximum absolute atomic E-state index is 13.4.